The zero-order chi connectivity index (χ0) is 17.1. The van der Waals surface area contributed by atoms with Gasteiger partial charge in [0, 0.05) is 12.5 Å². The molecule has 0 bridgehead atoms. The van der Waals surface area contributed by atoms with Crippen LogP contribution >= 0.6 is 0 Å². The van der Waals surface area contributed by atoms with Gasteiger partial charge in [0.15, 0.2) is 14.6 Å². The predicted octanol–water partition coefficient (Wildman–Crippen LogP) is 4.64. The molecule has 0 aromatic heterocycles. The molecule has 0 fully saturated rings. The molecule has 4 heteroatoms. The predicted molar refractivity (Wildman–Crippen MR) is 95.3 cm³/mol. The Morgan fingerprint density at radius 2 is 2.00 bits per heavy atom. The first-order valence-corrected chi connectivity index (χ1v) is 11.2. The number of aliphatic hydroxyl groups is 1. The molecule has 0 saturated carbocycles. The van der Waals surface area contributed by atoms with E-state index in [0.29, 0.717) is 5.92 Å². The third kappa shape index (κ3) is 5.34. The first-order chi connectivity index (χ1) is 9.94. The third-order valence-corrected chi connectivity index (χ3v) is 9.47. The fraction of sp³-hybridized carbons (Fsp3) is 0.778. The van der Waals surface area contributed by atoms with Gasteiger partial charge >= 0.3 is 0 Å². The van der Waals surface area contributed by atoms with Crippen LogP contribution in [-0.2, 0) is 9.16 Å². The van der Waals surface area contributed by atoms with Gasteiger partial charge in [-0.2, -0.15) is 0 Å². The largest absolute Gasteiger partial charge is 0.417 e. The van der Waals surface area contributed by atoms with E-state index in [1.165, 1.54) is 5.57 Å². The average molecular weight is 327 g/mol. The maximum absolute atomic E-state index is 9.81. The molecular formula is C18H34O3Si. The van der Waals surface area contributed by atoms with E-state index in [9.17, 15) is 5.11 Å². The summed E-state index contributed by atoms with van der Waals surface area (Å²) in [6.45, 7) is 18.2. The second kappa shape index (κ2) is 7.43. The van der Waals surface area contributed by atoms with Gasteiger partial charge in [0.05, 0.1) is 6.10 Å². The number of rotatable bonds is 5. The first-order valence-electron chi connectivity index (χ1n) is 8.27. The minimum Gasteiger partial charge on any atom is -0.417 e. The van der Waals surface area contributed by atoms with Crippen molar-refractivity contribution in [3.63, 3.8) is 0 Å². The highest BCUT2D eigenvalue weighted by Crippen LogP contribution is 2.36. The van der Waals surface area contributed by atoms with E-state index in [1.54, 1.807) is 0 Å². The van der Waals surface area contributed by atoms with Crippen LogP contribution in [0.3, 0.4) is 0 Å². The van der Waals surface area contributed by atoms with Gasteiger partial charge in [0.25, 0.3) is 0 Å². The van der Waals surface area contributed by atoms with Crippen molar-refractivity contribution in [1.82, 2.24) is 0 Å². The van der Waals surface area contributed by atoms with Crippen molar-refractivity contribution < 1.29 is 14.3 Å². The molecule has 0 spiro atoms. The molecule has 0 saturated heterocycles. The lowest BCUT2D eigenvalue weighted by atomic mass is 9.96. The van der Waals surface area contributed by atoms with Gasteiger partial charge in [0.1, 0.15) is 0 Å². The van der Waals surface area contributed by atoms with Crippen LogP contribution < -0.4 is 0 Å². The zero-order valence-corrected chi connectivity index (χ0v) is 16.6. The molecule has 1 unspecified atom stereocenters. The van der Waals surface area contributed by atoms with E-state index in [4.69, 9.17) is 9.16 Å². The minimum absolute atomic E-state index is 0.0495. The van der Waals surface area contributed by atoms with Gasteiger partial charge in [-0.1, -0.05) is 45.4 Å². The van der Waals surface area contributed by atoms with Gasteiger partial charge in [-0.3, -0.25) is 0 Å². The molecular weight excluding hydrogens is 292 g/mol. The SMILES string of the molecule is CC1=C[C@H](C)[C@@H](/C=C(\C)CCO[Si](C)(C)C(C)(C)C)OC1O. The van der Waals surface area contributed by atoms with Crippen LogP contribution in [0.1, 0.15) is 48.0 Å². The Balaban J connectivity index is 2.54. The van der Waals surface area contributed by atoms with Crippen molar-refractivity contribution >= 4 is 8.32 Å². The maximum Gasteiger partial charge on any atom is 0.191 e. The lowest BCUT2D eigenvalue weighted by Crippen LogP contribution is -2.41. The Bertz CT molecular complexity index is 432. The highest BCUT2D eigenvalue weighted by molar-refractivity contribution is 6.74. The van der Waals surface area contributed by atoms with E-state index in [-0.39, 0.29) is 11.1 Å². The van der Waals surface area contributed by atoms with Gasteiger partial charge in [-0.05, 0) is 44.0 Å². The molecule has 0 radical (unpaired) electrons. The topological polar surface area (TPSA) is 38.7 Å². The first kappa shape index (κ1) is 19.6. The molecule has 0 aromatic carbocycles. The van der Waals surface area contributed by atoms with Crippen molar-refractivity contribution in [3.8, 4) is 0 Å². The fourth-order valence-electron chi connectivity index (χ4n) is 2.21. The summed E-state index contributed by atoms with van der Waals surface area (Å²) in [4.78, 5) is 0. The van der Waals surface area contributed by atoms with E-state index in [1.807, 2.05) is 6.92 Å². The smallest absolute Gasteiger partial charge is 0.191 e. The Labute approximate surface area is 137 Å². The summed E-state index contributed by atoms with van der Waals surface area (Å²) in [5.74, 6) is 0.291. The van der Waals surface area contributed by atoms with Crippen LogP contribution in [-0.4, -0.2) is 32.4 Å². The van der Waals surface area contributed by atoms with Crippen molar-refractivity contribution in [2.75, 3.05) is 6.61 Å². The quantitative estimate of drug-likeness (QED) is 0.590. The Morgan fingerprint density at radius 1 is 1.41 bits per heavy atom. The second-order valence-corrected chi connectivity index (χ2v) is 12.9. The number of hydrogen-bond acceptors (Lipinski definition) is 3. The van der Waals surface area contributed by atoms with Gasteiger partial charge in [0.2, 0.25) is 0 Å². The Kier molecular flexibility index (Phi) is 6.63. The third-order valence-electron chi connectivity index (χ3n) is 4.93. The summed E-state index contributed by atoms with van der Waals surface area (Å²) in [6, 6.07) is 0. The molecule has 1 rings (SSSR count). The van der Waals surface area contributed by atoms with E-state index < -0.39 is 14.6 Å². The summed E-state index contributed by atoms with van der Waals surface area (Å²) >= 11 is 0. The lowest BCUT2D eigenvalue weighted by Gasteiger charge is -2.36. The fourth-order valence-corrected chi connectivity index (χ4v) is 3.26. The zero-order valence-electron chi connectivity index (χ0n) is 15.6. The number of hydrogen-bond donors (Lipinski definition) is 1. The van der Waals surface area contributed by atoms with Crippen molar-refractivity contribution in [2.24, 2.45) is 5.92 Å². The molecule has 128 valence electrons. The second-order valence-electron chi connectivity index (χ2n) is 8.09. The van der Waals surface area contributed by atoms with E-state index in [2.05, 4.69) is 59.9 Å². The highest BCUT2D eigenvalue weighted by Gasteiger charge is 2.36. The average Bonchev–Trinajstić information content (AvgIpc) is 2.34. The molecule has 3 nitrogen and oxygen atoms in total. The highest BCUT2D eigenvalue weighted by atomic mass is 28.4. The van der Waals surface area contributed by atoms with Crippen molar-refractivity contribution in [1.29, 1.82) is 0 Å². The van der Waals surface area contributed by atoms with Crippen molar-refractivity contribution in [3.05, 3.63) is 23.3 Å². The molecule has 0 aliphatic carbocycles. The van der Waals surface area contributed by atoms with Gasteiger partial charge in [-0.25, -0.2) is 0 Å². The molecule has 1 aliphatic heterocycles. The van der Waals surface area contributed by atoms with Crippen LogP contribution in [0.2, 0.25) is 18.1 Å². The number of ether oxygens (including phenoxy) is 1. The van der Waals surface area contributed by atoms with Gasteiger partial charge < -0.3 is 14.3 Å². The van der Waals surface area contributed by atoms with E-state index >= 15 is 0 Å². The summed E-state index contributed by atoms with van der Waals surface area (Å²) < 4.78 is 11.9. The minimum atomic E-state index is -1.67. The molecule has 1 heterocycles. The molecule has 0 aromatic rings. The normalized spacial score (nSPS) is 27.8. The molecule has 22 heavy (non-hydrogen) atoms. The Morgan fingerprint density at radius 3 is 2.55 bits per heavy atom. The van der Waals surface area contributed by atoms with Crippen LogP contribution in [0, 0.1) is 5.92 Å². The molecule has 3 atom stereocenters. The van der Waals surface area contributed by atoms with Crippen LogP contribution in [0.25, 0.3) is 0 Å². The summed E-state index contributed by atoms with van der Waals surface area (Å²) in [5, 5.41) is 10.1. The summed E-state index contributed by atoms with van der Waals surface area (Å²) in [7, 11) is -1.67. The van der Waals surface area contributed by atoms with Crippen LogP contribution in [0.5, 0.6) is 0 Å². The molecule has 1 aliphatic rings. The lowest BCUT2D eigenvalue weighted by molar-refractivity contribution is -0.115. The standard InChI is InChI=1S/C18H34O3Si/c1-13(9-10-20-22(7,8)18(4,5)6)11-16-14(2)12-15(3)17(19)21-16/h11-12,14,16-17,19H,9-10H2,1-8H3/b13-11+/t14-,16+,17?/m0/s1. The monoisotopic (exact) mass is 326 g/mol. The van der Waals surface area contributed by atoms with Gasteiger partial charge in [-0.15, -0.1) is 0 Å². The molecule has 0 amide bonds. The van der Waals surface area contributed by atoms with E-state index in [0.717, 1.165) is 18.6 Å². The van der Waals surface area contributed by atoms with Crippen molar-refractivity contribution in [2.45, 2.75) is 78.5 Å². The number of aliphatic hydroxyl groups excluding tert-OH is 1. The summed E-state index contributed by atoms with van der Waals surface area (Å²) in [6.07, 6.45) is 4.32. The molecule has 1 N–H and O–H groups in total. The Hall–Kier alpha value is -0.423. The summed E-state index contributed by atoms with van der Waals surface area (Å²) in [5.41, 5.74) is 2.16. The van der Waals surface area contributed by atoms with Crippen LogP contribution in [0.15, 0.2) is 23.3 Å². The maximum atomic E-state index is 9.81. The van der Waals surface area contributed by atoms with Crippen LogP contribution in [0.4, 0.5) is 0 Å².